The number of nitrogens with zero attached hydrogens (tertiary/aromatic N) is 1. The highest BCUT2D eigenvalue weighted by Gasteiger charge is 2.27. The van der Waals surface area contributed by atoms with E-state index in [1.165, 1.54) is 0 Å². The lowest BCUT2D eigenvalue weighted by Gasteiger charge is -2.26. The summed E-state index contributed by atoms with van der Waals surface area (Å²) in [6.45, 7) is 12.2. The van der Waals surface area contributed by atoms with Crippen LogP contribution < -0.4 is 26.2 Å². The van der Waals surface area contributed by atoms with Crippen LogP contribution in [-0.4, -0.2) is 54.7 Å². The molecular weight excluding hydrogens is 582 g/mol. The summed E-state index contributed by atoms with van der Waals surface area (Å²) in [5, 5.41) is 11.0. The van der Waals surface area contributed by atoms with E-state index in [0.29, 0.717) is 13.1 Å². The van der Waals surface area contributed by atoms with E-state index in [4.69, 9.17) is 0 Å². The molecule has 0 radical (unpaired) electrons. The molecular formula is C36H47N5O5. The van der Waals surface area contributed by atoms with Gasteiger partial charge in [-0.15, -0.1) is 0 Å². The van der Waals surface area contributed by atoms with Crippen LogP contribution >= 0.6 is 0 Å². The van der Waals surface area contributed by atoms with E-state index in [0.717, 1.165) is 22.4 Å². The van der Waals surface area contributed by atoms with Crippen molar-refractivity contribution in [1.29, 1.82) is 0 Å². The maximum absolute atomic E-state index is 13.3. The minimum absolute atomic E-state index is 0.0511. The Bertz CT molecular complexity index is 1480. The average Bonchev–Trinajstić information content (AvgIpc) is 2.99. The maximum Gasteiger partial charge on any atom is 0.243 e. The standard InChI is InChI=1S/C36H47N5O5/c1-24(2)33(35(46)39-25(3)34(45)38-23-36(4,5)6)40-31(43)17-11-16-30(42)37-21-20-32(44)41-22-28-14-8-7-12-26(28)18-19-27-13-9-10-15-29(27)41/h7-10,12-15,24-25,33H,11,16-17,20-23H2,1-6H3,(H,37,42)(H,38,45)(H,39,46)(H,40,43)/t25-,33-/m0/s1. The Hall–Kier alpha value is -4.65. The molecule has 0 unspecified atom stereocenters. The van der Waals surface area contributed by atoms with Crippen molar-refractivity contribution in [1.82, 2.24) is 21.3 Å². The molecule has 1 heterocycles. The second kappa shape index (κ2) is 16.6. The lowest BCUT2D eigenvalue weighted by molar-refractivity contribution is -0.132. The number of hydrogen-bond acceptors (Lipinski definition) is 5. The normalized spacial score (nSPS) is 13.4. The van der Waals surface area contributed by atoms with Gasteiger partial charge in [0.25, 0.3) is 0 Å². The molecule has 10 nitrogen and oxygen atoms in total. The summed E-state index contributed by atoms with van der Waals surface area (Å²) in [4.78, 5) is 65.4. The van der Waals surface area contributed by atoms with Gasteiger partial charge in [-0.2, -0.15) is 0 Å². The number of rotatable bonds is 13. The zero-order chi connectivity index (χ0) is 33.9. The topological polar surface area (TPSA) is 137 Å². The molecule has 1 aliphatic rings. The number of amides is 5. The van der Waals surface area contributed by atoms with Crippen LogP contribution in [0.3, 0.4) is 0 Å². The van der Waals surface area contributed by atoms with Gasteiger partial charge in [0.15, 0.2) is 0 Å². The number of hydrogen-bond donors (Lipinski definition) is 4. The van der Waals surface area contributed by atoms with Crippen LogP contribution in [0.4, 0.5) is 5.69 Å². The second-order valence-corrected chi connectivity index (χ2v) is 13.2. The number of carbonyl (C=O) groups excluding carboxylic acids is 5. The fourth-order valence-electron chi connectivity index (χ4n) is 4.80. The molecule has 0 spiro atoms. The summed E-state index contributed by atoms with van der Waals surface area (Å²) < 4.78 is 0. The fraction of sp³-hybridized carbons (Fsp3) is 0.472. The monoisotopic (exact) mass is 629 g/mol. The van der Waals surface area contributed by atoms with Crippen molar-refractivity contribution in [2.24, 2.45) is 11.3 Å². The Kier molecular flexibility index (Phi) is 12.9. The van der Waals surface area contributed by atoms with Crippen molar-refractivity contribution >= 4 is 35.2 Å². The molecule has 4 N–H and O–H groups in total. The van der Waals surface area contributed by atoms with Crippen LogP contribution in [0.25, 0.3) is 0 Å². The first-order chi connectivity index (χ1) is 21.7. The van der Waals surface area contributed by atoms with Crippen molar-refractivity contribution < 1.29 is 24.0 Å². The van der Waals surface area contributed by atoms with E-state index in [-0.39, 0.29) is 67.2 Å². The molecule has 0 saturated carbocycles. The molecule has 10 heteroatoms. The lowest BCUT2D eigenvalue weighted by Crippen LogP contribution is -2.54. The van der Waals surface area contributed by atoms with Gasteiger partial charge in [-0.3, -0.25) is 24.0 Å². The molecule has 0 aromatic heterocycles. The Morgan fingerprint density at radius 1 is 0.783 bits per heavy atom. The van der Waals surface area contributed by atoms with E-state index in [1.54, 1.807) is 11.8 Å². The summed E-state index contributed by atoms with van der Waals surface area (Å²) in [5.41, 5.74) is 3.24. The van der Waals surface area contributed by atoms with E-state index < -0.39 is 18.0 Å². The molecule has 0 saturated heterocycles. The highest BCUT2D eigenvalue weighted by atomic mass is 16.2. The highest BCUT2D eigenvalue weighted by Crippen LogP contribution is 2.25. The second-order valence-electron chi connectivity index (χ2n) is 13.2. The zero-order valence-corrected chi connectivity index (χ0v) is 27.8. The molecule has 2 aromatic rings. The maximum atomic E-state index is 13.3. The molecule has 5 amide bonds. The number of fused-ring (bicyclic) bond motifs is 2. The van der Waals surface area contributed by atoms with Gasteiger partial charge in [-0.25, -0.2) is 0 Å². The number of para-hydroxylation sites is 1. The predicted octanol–water partition coefficient (Wildman–Crippen LogP) is 3.42. The largest absolute Gasteiger partial charge is 0.356 e. The molecule has 0 aliphatic carbocycles. The third-order valence-electron chi connectivity index (χ3n) is 7.45. The Morgan fingerprint density at radius 2 is 1.41 bits per heavy atom. The molecule has 2 atom stereocenters. The summed E-state index contributed by atoms with van der Waals surface area (Å²) in [7, 11) is 0. The predicted molar refractivity (Wildman–Crippen MR) is 178 cm³/mol. The van der Waals surface area contributed by atoms with Gasteiger partial charge in [0.1, 0.15) is 12.1 Å². The fourth-order valence-corrected chi connectivity index (χ4v) is 4.80. The quantitative estimate of drug-likeness (QED) is 0.252. The minimum atomic E-state index is -0.823. The van der Waals surface area contributed by atoms with E-state index in [1.807, 2.05) is 83.1 Å². The van der Waals surface area contributed by atoms with Crippen LogP contribution in [0.5, 0.6) is 0 Å². The van der Waals surface area contributed by atoms with E-state index in [2.05, 4.69) is 33.1 Å². The molecule has 0 fully saturated rings. The van der Waals surface area contributed by atoms with Crippen LogP contribution in [-0.2, 0) is 30.5 Å². The van der Waals surface area contributed by atoms with Crippen LogP contribution in [0.15, 0.2) is 48.5 Å². The molecule has 3 rings (SSSR count). The zero-order valence-electron chi connectivity index (χ0n) is 27.8. The minimum Gasteiger partial charge on any atom is -0.356 e. The van der Waals surface area contributed by atoms with Crippen molar-refractivity contribution in [2.75, 3.05) is 18.0 Å². The first-order valence-corrected chi connectivity index (χ1v) is 15.9. The number of benzene rings is 2. The Morgan fingerprint density at radius 3 is 2.11 bits per heavy atom. The summed E-state index contributed by atoms with van der Waals surface area (Å²) >= 11 is 0. The summed E-state index contributed by atoms with van der Waals surface area (Å²) in [5.74, 6) is 4.66. The van der Waals surface area contributed by atoms with Crippen LogP contribution in [0.1, 0.15) is 83.9 Å². The summed E-state index contributed by atoms with van der Waals surface area (Å²) in [6.07, 6.45) is 0.530. The third-order valence-corrected chi connectivity index (χ3v) is 7.45. The van der Waals surface area contributed by atoms with Crippen molar-refractivity contribution in [2.45, 2.75) is 85.9 Å². The molecule has 0 bridgehead atoms. The number of carbonyl (C=O) groups is 5. The van der Waals surface area contributed by atoms with Gasteiger partial charge >= 0.3 is 0 Å². The van der Waals surface area contributed by atoms with Crippen LogP contribution in [0.2, 0.25) is 0 Å². The van der Waals surface area contributed by atoms with Crippen LogP contribution in [0, 0.1) is 23.2 Å². The van der Waals surface area contributed by atoms with Gasteiger partial charge in [0, 0.05) is 43.5 Å². The lowest BCUT2D eigenvalue weighted by atomic mass is 9.97. The first-order valence-electron chi connectivity index (χ1n) is 15.9. The van der Waals surface area contributed by atoms with Gasteiger partial charge < -0.3 is 26.2 Å². The third kappa shape index (κ3) is 11.1. The highest BCUT2D eigenvalue weighted by molar-refractivity contribution is 5.95. The van der Waals surface area contributed by atoms with Gasteiger partial charge in [-0.1, -0.05) is 76.8 Å². The number of anilines is 1. The average molecular weight is 630 g/mol. The SMILES string of the molecule is CC(C)[C@H](NC(=O)CCCC(=O)NCCC(=O)N1Cc2ccccc2C#Cc2ccccc21)C(=O)N[C@@H](C)C(=O)NCC(C)(C)C. The molecule has 1 aliphatic heterocycles. The molecule has 246 valence electrons. The van der Waals surface area contributed by atoms with Gasteiger partial charge in [0.2, 0.25) is 29.5 Å². The van der Waals surface area contributed by atoms with Crippen molar-refractivity contribution in [3.8, 4) is 11.8 Å². The Balaban J connectivity index is 1.43. The van der Waals surface area contributed by atoms with Crippen molar-refractivity contribution in [3.05, 3.63) is 65.2 Å². The van der Waals surface area contributed by atoms with E-state index in [9.17, 15) is 24.0 Å². The number of nitrogens with one attached hydrogen (secondary N) is 4. The van der Waals surface area contributed by atoms with Crippen molar-refractivity contribution in [3.63, 3.8) is 0 Å². The van der Waals surface area contributed by atoms with Gasteiger partial charge in [0.05, 0.1) is 12.2 Å². The molecule has 46 heavy (non-hydrogen) atoms. The Labute approximate surface area is 272 Å². The van der Waals surface area contributed by atoms with Gasteiger partial charge in [-0.05, 0) is 48.4 Å². The summed E-state index contributed by atoms with van der Waals surface area (Å²) in [6, 6.07) is 13.7. The smallest absolute Gasteiger partial charge is 0.243 e. The first kappa shape index (κ1) is 35.8. The molecule has 2 aromatic carbocycles. The van der Waals surface area contributed by atoms with E-state index >= 15 is 0 Å².